The van der Waals surface area contributed by atoms with Gasteiger partial charge in [0.25, 0.3) is 0 Å². The number of ether oxygens (including phenoxy) is 1. The van der Waals surface area contributed by atoms with Crippen molar-refractivity contribution in [3.05, 3.63) is 26.6 Å². The summed E-state index contributed by atoms with van der Waals surface area (Å²) in [5.74, 6) is -0.941. The number of hydrogen-bond donors (Lipinski definition) is 1. The molecule has 1 saturated carbocycles. The van der Waals surface area contributed by atoms with Gasteiger partial charge in [-0.15, -0.1) is 0 Å². The third kappa shape index (κ3) is 2.69. The van der Waals surface area contributed by atoms with Gasteiger partial charge < -0.3 is 10.5 Å². The van der Waals surface area contributed by atoms with Crippen LogP contribution in [0.4, 0.5) is 5.69 Å². The van der Waals surface area contributed by atoms with Crippen molar-refractivity contribution in [1.29, 1.82) is 0 Å². The normalized spacial score (nSPS) is 21.6. The maximum absolute atomic E-state index is 12.4. The van der Waals surface area contributed by atoms with Gasteiger partial charge in [0.1, 0.15) is 0 Å². The van der Waals surface area contributed by atoms with Crippen LogP contribution in [0.3, 0.4) is 0 Å². The predicted molar refractivity (Wildman–Crippen MR) is 78.8 cm³/mol. The Balaban J connectivity index is 2.23. The summed E-state index contributed by atoms with van der Waals surface area (Å²) in [7, 11) is 1.35. The summed E-state index contributed by atoms with van der Waals surface area (Å²) in [5, 5.41) is 0. The minimum atomic E-state index is -0.312. The number of benzene rings is 1. The molecule has 0 bridgehead atoms. The molecule has 4 nitrogen and oxygen atoms in total. The van der Waals surface area contributed by atoms with E-state index < -0.39 is 0 Å². The van der Waals surface area contributed by atoms with Crippen molar-refractivity contribution in [2.24, 2.45) is 11.8 Å². The smallest absolute Gasteiger partial charge is 0.309 e. The summed E-state index contributed by atoms with van der Waals surface area (Å²) in [4.78, 5) is 23.9. The molecule has 0 aliphatic heterocycles. The molecule has 0 amide bonds. The first kappa shape index (κ1) is 14.5. The van der Waals surface area contributed by atoms with E-state index in [1.807, 2.05) is 0 Å². The van der Waals surface area contributed by atoms with Crippen LogP contribution in [-0.4, -0.2) is 18.9 Å². The Hall–Kier alpha value is -0.880. The molecule has 19 heavy (non-hydrogen) atoms. The SMILES string of the molecule is COC(=O)[C@@H]1CC[C@H]1C(=O)c1cc(Br)c(N)c(Br)c1. The first-order chi connectivity index (χ1) is 8.95. The minimum absolute atomic E-state index is 0.0388. The molecule has 2 rings (SSSR count). The van der Waals surface area contributed by atoms with Crippen molar-refractivity contribution in [1.82, 2.24) is 0 Å². The highest BCUT2D eigenvalue weighted by atomic mass is 79.9. The number of ketones is 1. The molecule has 1 aliphatic carbocycles. The Labute approximate surface area is 127 Å². The van der Waals surface area contributed by atoms with E-state index in [1.165, 1.54) is 7.11 Å². The molecule has 1 aliphatic rings. The summed E-state index contributed by atoms with van der Waals surface area (Å²) in [6, 6.07) is 3.38. The van der Waals surface area contributed by atoms with E-state index in [1.54, 1.807) is 12.1 Å². The quantitative estimate of drug-likeness (QED) is 0.488. The van der Waals surface area contributed by atoms with E-state index in [2.05, 4.69) is 31.9 Å². The van der Waals surface area contributed by atoms with Gasteiger partial charge in [-0.25, -0.2) is 0 Å². The number of rotatable bonds is 3. The second-order valence-electron chi connectivity index (χ2n) is 4.53. The van der Waals surface area contributed by atoms with Crippen molar-refractivity contribution < 1.29 is 14.3 Å². The lowest BCUT2D eigenvalue weighted by molar-refractivity contribution is -0.150. The number of Topliss-reactive ketones (excluding diaryl/α,β-unsaturated/α-hetero) is 1. The number of carbonyl (C=O) groups excluding carboxylic acids is 2. The largest absolute Gasteiger partial charge is 0.469 e. The highest BCUT2D eigenvalue weighted by Gasteiger charge is 2.42. The van der Waals surface area contributed by atoms with Gasteiger partial charge >= 0.3 is 5.97 Å². The molecule has 0 aromatic heterocycles. The first-order valence-corrected chi connectivity index (χ1v) is 7.41. The summed E-state index contributed by atoms with van der Waals surface area (Å²) in [5.41, 5.74) is 6.89. The molecule has 1 aromatic carbocycles. The third-order valence-corrected chi connectivity index (χ3v) is 4.79. The Morgan fingerprint density at radius 2 is 1.74 bits per heavy atom. The number of halogens is 2. The van der Waals surface area contributed by atoms with Gasteiger partial charge in [-0.05, 0) is 56.8 Å². The molecule has 1 fully saturated rings. The Kier molecular flexibility index (Phi) is 4.30. The van der Waals surface area contributed by atoms with Crippen molar-refractivity contribution in [2.45, 2.75) is 12.8 Å². The van der Waals surface area contributed by atoms with Crippen LogP contribution in [0.5, 0.6) is 0 Å². The molecule has 2 atom stereocenters. The van der Waals surface area contributed by atoms with Gasteiger partial charge in [-0.1, -0.05) is 0 Å². The van der Waals surface area contributed by atoms with E-state index in [9.17, 15) is 9.59 Å². The predicted octanol–water partition coefficient (Wildman–Crippen LogP) is 3.18. The van der Waals surface area contributed by atoms with Crippen molar-refractivity contribution in [2.75, 3.05) is 12.8 Å². The standard InChI is InChI=1S/C13H13Br2NO3/c1-19-13(18)8-3-2-7(8)12(17)6-4-9(14)11(16)10(15)5-6/h4-5,7-8H,2-3,16H2,1H3/t7-,8-/m1/s1. The van der Waals surface area contributed by atoms with Crippen molar-refractivity contribution in [3.63, 3.8) is 0 Å². The monoisotopic (exact) mass is 389 g/mol. The van der Waals surface area contributed by atoms with Crippen molar-refractivity contribution >= 4 is 49.3 Å². The highest BCUT2D eigenvalue weighted by molar-refractivity contribution is 9.11. The van der Waals surface area contributed by atoms with Gasteiger partial charge in [0.05, 0.1) is 18.7 Å². The number of nitrogen functional groups attached to an aromatic ring is 1. The minimum Gasteiger partial charge on any atom is -0.469 e. The molecule has 1 aromatic rings. The van der Waals surface area contributed by atoms with Crippen LogP contribution in [0.25, 0.3) is 0 Å². The number of methoxy groups -OCH3 is 1. The van der Waals surface area contributed by atoms with E-state index in [-0.39, 0.29) is 23.6 Å². The molecule has 2 N–H and O–H groups in total. The second-order valence-corrected chi connectivity index (χ2v) is 6.24. The van der Waals surface area contributed by atoms with Crippen LogP contribution in [0.2, 0.25) is 0 Å². The molecule has 6 heteroatoms. The van der Waals surface area contributed by atoms with E-state index >= 15 is 0 Å². The Morgan fingerprint density at radius 1 is 1.21 bits per heavy atom. The number of nitrogens with two attached hydrogens (primary N) is 1. The summed E-state index contributed by atoms with van der Waals surface area (Å²) < 4.78 is 6.04. The zero-order valence-electron chi connectivity index (χ0n) is 10.3. The van der Waals surface area contributed by atoms with Crippen LogP contribution in [0.15, 0.2) is 21.1 Å². The van der Waals surface area contributed by atoms with Crippen LogP contribution in [0, 0.1) is 11.8 Å². The number of esters is 1. The van der Waals surface area contributed by atoms with Gasteiger partial charge in [0, 0.05) is 20.4 Å². The first-order valence-electron chi connectivity index (χ1n) is 5.82. The highest BCUT2D eigenvalue weighted by Crippen LogP contribution is 2.39. The van der Waals surface area contributed by atoms with Crippen LogP contribution >= 0.6 is 31.9 Å². The maximum atomic E-state index is 12.4. The molecule has 0 radical (unpaired) electrons. The molecule has 0 heterocycles. The summed E-state index contributed by atoms with van der Waals surface area (Å²) >= 11 is 6.63. The summed E-state index contributed by atoms with van der Waals surface area (Å²) in [6.45, 7) is 0. The molecular formula is C13H13Br2NO3. The van der Waals surface area contributed by atoms with E-state index in [0.717, 1.165) is 6.42 Å². The average Bonchev–Trinajstić information content (AvgIpc) is 2.33. The zero-order valence-corrected chi connectivity index (χ0v) is 13.5. The number of hydrogen-bond acceptors (Lipinski definition) is 4. The molecule has 0 unspecified atom stereocenters. The van der Waals surface area contributed by atoms with Crippen LogP contribution in [0.1, 0.15) is 23.2 Å². The molecular weight excluding hydrogens is 378 g/mol. The average molecular weight is 391 g/mol. The number of carbonyl (C=O) groups is 2. The van der Waals surface area contributed by atoms with Gasteiger partial charge in [-0.3, -0.25) is 9.59 Å². The Bertz CT molecular complexity index is 522. The van der Waals surface area contributed by atoms with Gasteiger partial charge in [-0.2, -0.15) is 0 Å². The topological polar surface area (TPSA) is 69.4 Å². The second kappa shape index (κ2) is 5.63. The maximum Gasteiger partial charge on any atom is 0.309 e. The zero-order chi connectivity index (χ0) is 14.2. The molecule has 102 valence electrons. The number of anilines is 1. The fraction of sp³-hybridized carbons (Fsp3) is 0.385. The molecule has 0 spiro atoms. The lowest BCUT2D eigenvalue weighted by atomic mass is 9.70. The van der Waals surface area contributed by atoms with Crippen LogP contribution in [-0.2, 0) is 9.53 Å². The third-order valence-electron chi connectivity index (χ3n) is 3.48. The lowest BCUT2D eigenvalue weighted by Crippen LogP contribution is -2.39. The fourth-order valence-electron chi connectivity index (χ4n) is 2.19. The summed E-state index contributed by atoms with van der Waals surface area (Å²) in [6.07, 6.45) is 1.43. The van der Waals surface area contributed by atoms with Crippen molar-refractivity contribution in [3.8, 4) is 0 Å². The molecule has 0 saturated heterocycles. The Morgan fingerprint density at radius 3 is 2.16 bits per heavy atom. The van der Waals surface area contributed by atoms with Gasteiger partial charge in [0.15, 0.2) is 5.78 Å². The van der Waals surface area contributed by atoms with E-state index in [4.69, 9.17) is 10.5 Å². The fourth-order valence-corrected chi connectivity index (χ4v) is 3.37. The lowest BCUT2D eigenvalue weighted by Gasteiger charge is -2.33. The van der Waals surface area contributed by atoms with Crippen LogP contribution < -0.4 is 5.73 Å². The van der Waals surface area contributed by atoms with E-state index in [0.29, 0.717) is 26.6 Å². The van der Waals surface area contributed by atoms with Gasteiger partial charge in [0.2, 0.25) is 0 Å².